The van der Waals surface area contributed by atoms with Crippen molar-refractivity contribution in [3.8, 4) is 0 Å². The molecule has 1 heterocycles. The number of hydrogen-bond acceptors (Lipinski definition) is 3. The number of carbonyl (C=O) groups is 1. The molecule has 0 bridgehead atoms. The van der Waals surface area contributed by atoms with Gasteiger partial charge in [0.15, 0.2) is 0 Å². The number of amides is 1. The van der Waals surface area contributed by atoms with Gasteiger partial charge in [-0.1, -0.05) is 13.0 Å². The van der Waals surface area contributed by atoms with Crippen molar-refractivity contribution in [1.29, 1.82) is 0 Å². The van der Waals surface area contributed by atoms with Gasteiger partial charge in [-0.05, 0) is 12.5 Å². The first-order chi connectivity index (χ1) is 5.77. The van der Waals surface area contributed by atoms with Gasteiger partial charge >= 0.3 is 6.09 Å². The fourth-order valence-electron chi connectivity index (χ4n) is 0.598. The Morgan fingerprint density at radius 2 is 2.42 bits per heavy atom. The molecule has 12 heavy (non-hydrogen) atoms. The zero-order chi connectivity index (χ0) is 9.23. The molecule has 0 spiro atoms. The molecule has 5 heteroatoms. The fraction of sp³-hybridized carbons (Fsp3) is 0.571. The summed E-state index contributed by atoms with van der Waals surface area (Å²) in [5.41, 5.74) is 4.47. The van der Waals surface area contributed by atoms with Crippen molar-refractivity contribution in [1.82, 2.24) is 0 Å². The SMILES string of the molecule is C1CC[Si]OC1.C=COC(N)=O. The molecule has 0 aromatic carbocycles. The van der Waals surface area contributed by atoms with Gasteiger partial charge in [-0.15, -0.1) is 0 Å². The largest absolute Gasteiger partial charge is 0.419 e. The van der Waals surface area contributed by atoms with Crippen LogP contribution in [-0.2, 0) is 9.16 Å². The van der Waals surface area contributed by atoms with Crippen LogP contribution in [-0.4, -0.2) is 22.5 Å². The van der Waals surface area contributed by atoms with E-state index in [-0.39, 0.29) is 0 Å². The maximum absolute atomic E-state index is 9.53. The molecule has 0 aliphatic carbocycles. The third-order valence-electron chi connectivity index (χ3n) is 1.08. The van der Waals surface area contributed by atoms with Crippen LogP contribution >= 0.6 is 0 Å². The van der Waals surface area contributed by atoms with Gasteiger partial charge in [-0.2, -0.15) is 0 Å². The van der Waals surface area contributed by atoms with Crippen LogP contribution in [0.5, 0.6) is 0 Å². The lowest BCUT2D eigenvalue weighted by Gasteiger charge is -2.06. The highest BCUT2D eigenvalue weighted by molar-refractivity contribution is 6.27. The molecular weight excluding hydrogens is 174 g/mol. The van der Waals surface area contributed by atoms with Crippen molar-refractivity contribution in [2.75, 3.05) is 6.61 Å². The number of rotatable bonds is 1. The van der Waals surface area contributed by atoms with Gasteiger partial charge < -0.3 is 14.9 Å². The van der Waals surface area contributed by atoms with E-state index in [2.05, 4.69) is 17.0 Å². The van der Waals surface area contributed by atoms with E-state index < -0.39 is 6.09 Å². The van der Waals surface area contributed by atoms with E-state index in [1.165, 1.54) is 18.9 Å². The summed E-state index contributed by atoms with van der Waals surface area (Å²) in [4.78, 5) is 9.53. The summed E-state index contributed by atoms with van der Waals surface area (Å²) in [5, 5.41) is 0. The van der Waals surface area contributed by atoms with Crippen molar-refractivity contribution in [2.24, 2.45) is 5.73 Å². The fourth-order valence-corrected chi connectivity index (χ4v) is 1.43. The Labute approximate surface area is 74.7 Å². The number of carbonyl (C=O) groups excluding carboxylic acids is 1. The number of ether oxygens (including phenoxy) is 1. The average molecular weight is 187 g/mol. The minimum Gasteiger partial charge on any atom is -0.419 e. The first-order valence-electron chi connectivity index (χ1n) is 3.69. The first-order valence-corrected chi connectivity index (χ1v) is 4.80. The standard InChI is InChI=1S/C4H8OSi.C3H5NO2/c1-2-4-6-5-3-1;1-2-6-3(4)5/h1-4H2;2H,1H2,(H2,4,5). The van der Waals surface area contributed by atoms with Crippen LogP contribution < -0.4 is 5.73 Å². The van der Waals surface area contributed by atoms with Gasteiger partial charge in [-0.25, -0.2) is 4.79 Å². The van der Waals surface area contributed by atoms with Gasteiger partial charge in [0.2, 0.25) is 9.76 Å². The average Bonchev–Trinajstić information content (AvgIpc) is 2.08. The highest BCUT2D eigenvalue weighted by atomic mass is 28.2. The molecule has 1 aliphatic heterocycles. The Balaban J connectivity index is 0.000000202. The van der Waals surface area contributed by atoms with Crippen molar-refractivity contribution in [2.45, 2.75) is 18.9 Å². The highest BCUT2D eigenvalue weighted by Gasteiger charge is 1.97. The minimum atomic E-state index is -0.829. The molecule has 68 valence electrons. The zero-order valence-corrected chi connectivity index (χ0v) is 7.91. The topological polar surface area (TPSA) is 61.6 Å². The monoisotopic (exact) mass is 187 g/mol. The van der Waals surface area contributed by atoms with Crippen molar-refractivity contribution in [3.05, 3.63) is 12.8 Å². The molecule has 1 rings (SSSR count). The Hall–Kier alpha value is -0.813. The van der Waals surface area contributed by atoms with E-state index in [1.54, 1.807) is 0 Å². The third kappa shape index (κ3) is 9.19. The second kappa shape index (κ2) is 8.29. The van der Waals surface area contributed by atoms with Gasteiger partial charge in [-0.3, -0.25) is 0 Å². The molecule has 1 saturated heterocycles. The molecule has 2 N–H and O–H groups in total. The van der Waals surface area contributed by atoms with Gasteiger partial charge in [0.1, 0.15) is 0 Å². The zero-order valence-electron chi connectivity index (χ0n) is 6.91. The van der Waals surface area contributed by atoms with Crippen molar-refractivity contribution >= 4 is 15.9 Å². The van der Waals surface area contributed by atoms with Gasteiger partial charge in [0.05, 0.1) is 6.26 Å². The quantitative estimate of drug-likeness (QED) is 0.493. The van der Waals surface area contributed by atoms with E-state index >= 15 is 0 Å². The molecule has 0 aromatic rings. The van der Waals surface area contributed by atoms with Crippen molar-refractivity contribution in [3.63, 3.8) is 0 Å². The number of primary amides is 1. The Kier molecular flexibility index (Phi) is 7.72. The summed E-state index contributed by atoms with van der Waals surface area (Å²) in [6.45, 7) is 4.09. The molecule has 0 atom stereocenters. The minimum absolute atomic E-state index is 0.802. The predicted octanol–water partition coefficient (Wildman–Crippen LogP) is 1.06. The summed E-state index contributed by atoms with van der Waals surface area (Å²) in [6.07, 6.45) is 2.82. The third-order valence-corrected chi connectivity index (χ3v) is 2.04. The van der Waals surface area contributed by atoms with E-state index in [0.29, 0.717) is 0 Å². The van der Waals surface area contributed by atoms with E-state index in [4.69, 9.17) is 4.43 Å². The molecule has 1 amide bonds. The molecule has 0 unspecified atom stereocenters. The molecule has 1 fully saturated rings. The smallest absolute Gasteiger partial charge is 0.409 e. The van der Waals surface area contributed by atoms with Crippen LogP contribution in [0.2, 0.25) is 6.04 Å². The lowest BCUT2D eigenvalue weighted by Crippen LogP contribution is -2.08. The molecule has 0 saturated carbocycles. The molecule has 0 aromatic heterocycles. The van der Waals surface area contributed by atoms with E-state index in [0.717, 1.165) is 22.6 Å². The number of nitrogens with two attached hydrogens (primary N) is 1. The van der Waals surface area contributed by atoms with Crippen LogP contribution in [0.1, 0.15) is 12.8 Å². The summed E-state index contributed by atoms with van der Waals surface area (Å²) >= 11 is 0. The number of hydrogen-bond donors (Lipinski definition) is 1. The molecule has 4 nitrogen and oxygen atoms in total. The second-order valence-electron chi connectivity index (χ2n) is 2.05. The summed E-state index contributed by atoms with van der Waals surface area (Å²) in [5.74, 6) is 0. The summed E-state index contributed by atoms with van der Waals surface area (Å²) in [7, 11) is 0.802. The van der Waals surface area contributed by atoms with Gasteiger partial charge in [0, 0.05) is 6.61 Å². The summed E-state index contributed by atoms with van der Waals surface area (Å²) < 4.78 is 9.04. The maximum atomic E-state index is 9.53. The summed E-state index contributed by atoms with van der Waals surface area (Å²) in [6, 6.07) is 1.31. The van der Waals surface area contributed by atoms with Crippen LogP contribution in [0.3, 0.4) is 0 Å². The Morgan fingerprint density at radius 1 is 1.67 bits per heavy atom. The lowest BCUT2D eigenvalue weighted by atomic mass is 10.4. The molecule has 2 radical (unpaired) electrons. The second-order valence-corrected chi connectivity index (χ2v) is 3.13. The Bertz CT molecular complexity index is 125. The maximum Gasteiger partial charge on any atom is 0.409 e. The molecular formula is C7H13NO3Si. The Morgan fingerprint density at radius 3 is 2.50 bits per heavy atom. The van der Waals surface area contributed by atoms with Crippen LogP contribution in [0.25, 0.3) is 0 Å². The van der Waals surface area contributed by atoms with Crippen LogP contribution in [0.15, 0.2) is 12.8 Å². The van der Waals surface area contributed by atoms with E-state index in [9.17, 15) is 4.79 Å². The predicted molar refractivity (Wildman–Crippen MR) is 46.6 cm³/mol. The van der Waals surface area contributed by atoms with E-state index in [1.807, 2.05) is 0 Å². The van der Waals surface area contributed by atoms with Crippen LogP contribution in [0.4, 0.5) is 4.79 Å². The highest BCUT2D eigenvalue weighted by Crippen LogP contribution is 2.01. The first kappa shape index (κ1) is 11.2. The molecule has 1 aliphatic rings. The van der Waals surface area contributed by atoms with Crippen LogP contribution in [0, 0.1) is 0 Å². The normalized spacial score (nSPS) is 15.3. The lowest BCUT2D eigenvalue weighted by molar-refractivity contribution is 0.196. The van der Waals surface area contributed by atoms with Gasteiger partial charge in [0.25, 0.3) is 0 Å². The van der Waals surface area contributed by atoms with Crippen molar-refractivity contribution < 1.29 is 14.0 Å².